The smallest absolute Gasteiger partial charge is 0.355 e. The van der Waals surface area contributed by atoms with Gasteiger partial charge in [0.05, 0.1) is 5.56 Å². The number of hydrogen-bond acceptors (Lipinski definition) is 4. The second-order valence-corrected chi connectivity index (χ2v) is 8.04. The van der Waals surface area contributed by atoms with E-state index in [1.54, 1.807) is 6.07 Å². The number of ether oxygens (including phenoxy) is 2. The van der Waals surface area contributed by atoms with Crippen LogP contribution in [0.25, 0.3) is 22.0 Å². The van der Waals surface area contributed by atoms with Crippen molar-refractivity contribution >= 4 is 16.9 Å². The highest BCUT2D eigenvalue weighted by molar-refractivity contribution is 6.04. The van der Waals surface area contributed by atoms with Gasteiger partial charge in [0, 0.05) is 5.39 Å². The number of aromatic carboxylic acids is 1. The van der Waals surface area contributed by atoms with Crippen molar-refractivity contribution in [3.8, 4) is 22.6 Å². The summed E-state index contributed by atoms with van der Waals surface area (Å²) in [5, 5.41) is 10.8. The fourth-order valence-corrected chi connectivity index (χ4v) is 3.99. The van der Waals surface area contributed by atoms with Crippen LogP contribution < -0.4 is 9.47 Å². The van der Waals surface area contributed by atoms with Gasteiger partial charge in [-0.15, -0.1) is 0 Å². The molecule has 1 heterocycles. The number of rotatable bonds is 8. The van der Waals surface area contributed by atoms with Crippen LogP contribution >= 0.6 is 0 Å². The van der Waals surface area contributed by atoms with Crippen molar-refractivity contribution in [2.75, 3.05) is 0 Å². The predicted octanol–water partition coefficient (Wildman–Crippen LogP) is 6.76. The van der Waals surface area contributed by atoms with E-state index in [-0.39, 0.29) is 12.3 Å². The summed E-state index contributed by atoms with van der Waals surface area (Å²) >= 11 is 0. The number of para-hydroxylation sites is 1. The Morgan fingerprint density at radius 1 is 0.686 bits per heavy atom. The van der Waals surface area contributed by atoms with Gasteiger partial charge in [0.1, 0.15) is 30.2 Å². The maximum absolute atomic E-state index is 12.4. The Bertz CT molecular complexity index is 1450. The number of carboxylic acid groups (broad SMARTS) is 1. The first kappa shape index (κ1) is 22.2. The Morgan fingerprint density at radius 3 is 1.86 bits per heavy atom. The molecule has 1 N–H and O–H groups in total. The first-order valence-electron chi connectivity index (χ1n) is 11.3. The third-order valence-electron chi connectivity index (χ3n) is 5.66. The Kier molecular flexibility index (Phi) is 6.39. The molecule has 0 spiro atoms. The molecule has 0 aliphatic rings. The maximum atomic E-state index is 12.4. The van der Waals surface area contributed by atoms with Crippen molar-refractivity contribution in [3.63, 3.8) is 0 Å². The van der Waals surface area contributed by atoms with E-state index in [2.05, 4.69) is 4.98 Å². The minimum Gasteiger partial charge on any atom is -0.487 e. The molecule has 0 unspecified atom stereocenters. The quantitative estimate of drug-likeness (QED) is 0.277. The molecule has 0 bridgehead atoms. The van der Waals surface area contributed by atoms with Gasteiger partial charge in [-0.1, -0.05) is 97.1 Å². The van der Waals surface area contributed by atoms with Crippen molar-refractivity contribution in [2.24, 2.45) is 0 Å². The molecule has 4 aromatic carbocycles. The zero-order valence-electron chi connectivity index (χ0n) is 18.9. The molecule has 5 heteroatoms. The van der Waals surface area contributed by atoms with Crippen LogP contribution in [-0.2, 0) is 13.2 Å². The van der Waals surface area contributed by atoms with E-state index in [0.29, 0.717) is 34.6 Å². The van der Waals surface area contributed by atoms with E-state index < -0.39 is 5.97 Å². The first-order chi connectivity index (χ1) is 17.2. The zero-order chi connectivity index (χ0) is 24.0. The normalized spacial score (nSPS) is 10.7. The van der Waals surface area contributed by atoms with Crippen LogP contribution in [0.1, 0.15) is 21.6 Å². The summed E-state index contributed by atoms with van der Waals surface area (Å²) in [7, 11) is 0. The lowest BCUT2D eigenvalue weighted by atomic mass is 9.99. The fraction of sp³-hybridized carbons (Fsp3) is 0.0667. The minimum absolute atomic E-state index is 0.0810. The molecule has 0 fully saturated rings. The molecule has 0 radical (unpaired) electrons. The van der Waals surface area contributed by atoms with Crippen LogP contribution in [0.4, 0.5) is 0 Å². The average molecular weight is 462 g/mol. The van der Waals surface area contributed by atoms with Gasteiger partial charge in [0.2, 0.25) is 0 Å². The van der Waals surface area contributed by atoms with E-state index in [1.165, 1.54) is 0 Å². The standard InChI is InChI=1S/C30H23NO4/c32-30(33)28-26(23-15-8-3-9-16-23)29(35-20-22-13-6-2-7-14-22)24-17-10-18-25(27(24)31-28)34-19-21-11-4-1-5-12-21/h1-18H,19-20H2,(H,32,33). The summed E-state index contributed by atoms with van der Waals surface area (Å²) < 4.78 is 12.4. The van der Waals surface area contributed by atoms with Gasteiger partial charge in [-0.3, -0.25) is 0 Å². The molecule has 35 heavy (non-hydrogen) atoms. The molecule has 0 atom stereocenters. The largest absolute Gasteiger partial charge is 0.487 e. The molecule has 172 valence electrons. The summed E-state index contributed by atoms with van der Waals surface area (Å²) in [4.78, 5) is 17.0. The van der Waals surface area contributed by atoms with Crippen LogP contribution in [0.5, 0.6) is 11.5 Å². The van der Waals surface area contributed by atoms with Crippen molar-refractivity contribution in [1.82, 2.24) is 4.98 Å². The minimum atomic E-state index is -1.13. The molecule has 0 aliphatic heterocycles. The molecule has 0 amide bonds. The Morgan fingerprint density at radius 2 is 1.26 bits per heavy atom. The van der Waals surface area contributed by atoms with E-state index in [1.807, 2.05) is 103 Å². The van der Waals surface area contributed by atoms with Gasteiger partial charge in [0.25, 0.3) is 0 Å². The molecule has 0 saturated carbocycles. The van der Waals surface area contributed by atoms with Crippen molar-refractivity contribution in [3.05, 3.63) is 126 Å². The van der Waals surface area contributed by atoms with Gasteiger partial charge in [-0.05, 0) is 28.8 Å². The number of hydrogen-bond donors (Lipinski definition) is 1. The monoisotopic (exact) mass is 461 g/mol. The van der Waals surface area contributed by atoms with Crippen LogP contribution in [-0.4, -0.2) is 16.1 Å². The summed E-state index contributed by atoms with van der Waals surface area (Å²) in [5.41, 5.74) is 3.51. The second kappa shape index (κ2) is 10.1. The lowest BCUT2D eigenvalue weighted by Gasteiger charge is -2.18. The Labute approximate surface area is 203 Å². The summed E-state index contributed by atoms with van der Waals surface area (Å²) in [6.45, 7) is 0.624. The van der Waals surface area contributed by atoms with E-state index in [4.69, 9.17) is 9.47 Å². The molecule has 0 saturated heterocycles. The fourth-order valence-electron chi connectivity index (χ4n) is 3.99. The van der Waals surface area contributed by atoms with Crippen molar-refractivity contribution in [2.45, 2.75) is 13.2 Å². The molecule has 5 rings (SSSR count). The maximum Gasteiger partial charge on any atom is 0.355 e. The molecular weight excluding hydrogens is 438 g/mol. The number of pyridine rings is 1. The van der Waals surface area contributed by atoms with Crippen LogP contribution in [0, 0.1) is 0 Å². The molecule has 0 aliphatic carbocycles. The summed E-state index contributed by atoms with van der Waals surface area (Å²) in [6.07, 6.45) is 0. The van der Waals surface area contributed by atoms with E-state index in [9.17, 15) is 9.90 Å². The van der Waals surface area contributed by atoms with Gasteiger partial charge in [-0.2, -0.15) is 0 Å². The SMILES string of the molecule is O=C(O)c1nc2c(OCc3ccccc3)cccc2c(OCc2ccccc2)c1-c1ccccc1. The predicted molar refractivity (Wildman–Crippen MR) is 136 cm³/mol. The summed E-state index contributed by atoms with van der Waals surface area (Å²) in [5.74, 6) is -0.168. The lowest BCUT2D eigenvalue weighted by Crippen LogP contribution is -2.08. The first-order valence-corrected chi connectivity index (χ1v) is 11.3. The van der Waals surface area contributed by atoms with Gasteiger partial charge >= 0.3 is 5.97 Å². The number of carbonyl (C=O) groups is 1. The average Bonchev–Trinajstić information content (AvgIpc) is 2.91. The number of fused-ring (bicyclic) bond motifs is 1. The van der Waals surface area contributed by atoms with Crippen LogP contribution in [0.2, 0.25) is 0 Å². The highest BCUT2D eigenvalue weighted by Gasteiger charge is 2.24. The number of carboxylic acids is 1. The third kappa shape index (κ3) is 4.84. The van der Waals surface area contributed by atoms with Crippen molar-refractivity contribution in [1.29, 1.82) is 0 Å². The number of nitrogens with zero attached hydrogens (tertiary/aromatic N) is 1. The van der Waals surface area contributed by atoms with Crippen LogP contribution in [0.15, 0.2) is 109 Å². The van der Waals surface area contributed by atoms with Crippen molar-refractivity contribution < 1.29 is 19.4 Å². The molecule has 5 aromatic rings. The number of benzene rings is 4. The molecular formula is C30H23NO4. The number of aromatic nitrogens is 1. The lowest BCUT2D eigenvalue weighted by molar-refractivity contribution is 0.0691. The van der Waals surface area contributed by atoms with Gasteiger partial charge in [0.15, 0.2) is 5.69 Å². The zero-order valence-corrected chi connectivity index (χ0v) is 18.9. The Hall–Kier alpha value is -4.64. The topological polar surface area (TPSA) is 68.7 Å². The van der Waals surface area contributed by atoms with E-state index >= 15 is 0 Å². The highest BCUT2D eigenvalue weighted by Crippen LogP contribution is 2.41. The Balaban J connectivity index is 1.66. The van der Waals surface area contributed by atoms with E-state index in [0.717, 1.165) is 16.7 Å². The van der Waals surface area contributed by atoms with Crippen LogP contribution in [0.3, 0.4) is 0 Å². The highest BCUT2D eigenvalue weighted by atomic mass is 16.5. The third-order valence-corrected chi connectivity index (χ3v) is 5.66. The second-order valence-electron chi connectivity index (χ2n) is 8.04. The summed E-state index contributed by atoms with van der Waals surface area (Å²) in [6, 6.07) is 34.5. The molecule has 5 nitrogen and oxygen atoms in total. The van der Waals surface area contributed by atoms with Gasteiger partial charge in [-0.25, -0.2) is 9.78 Å². The van der Waals surface area contributed by atoms with Gasteiger partial charge < -0.3 is 14.6 Å². The molecule has 1 aromatic heterocycles.